The van der Waals surface area contributed by atoms with E-state index in [1.54, 1.807) is 0 Å². The molecule has 1 amide bonds. The molecule has 2 aromatic rings. The van der Waals surface area contributed by atoms with Crippen LogP contribution >= 0.6 is 0 Å². The molecule has 0 spiro atoms. The van der Waals surface area contributed by atoms with Gasteiger partial charge in [0.25, 0.3) is 0 Å². The van der Waals surface area contributed by atoms with Gasteiger partial charge in [0.15, 0.2) is 0 Å². The number of hydrogen-bond acceptors (Lipinski definition) is 4. The average Bonchev–Trinajstić information content (AvgIpc) is 2.90. The molecule has 1 aliphatic rings. The Morgan fingerprint density at radius 2 is 2.04 bits per heavy atom. The molecule has 27 heavy (non-hydrogen) atoms. The molecular weight excluding hydrogens is 345 g/mol. The summed E-state index contributed by atoms with van der Waals surface area (Å²) in [5.74, 6) is 0.896. The number of amides is 1. The number of carbonyl (C=O) groups excluding carboxylic acids is 1. The summed E-state index contributed by atoms with van der Waals surface area (Å²) < 4.78 is 18.4. The molecule has 1 fully saturated rings. The molecule has 0 unspecified atom stereocenters. The number of aryl methyl sites for hydroxylation is 1. The second-order valence-electron chi connectivity index (χ2n) is 7.71. The van der Waals surface area contributed by atoms with Crippen molar-refractivity contribution in [2.45, 2.75) is 46.2 Å². The number of rotatable bonds is 5. The molecule has 0 radical (unpaired) electrons. The highest BCUT2D eigenvalue weighted by molar-refractivity contribution is 5.78. The maximum Gasteiger partial charge on any atom is 0.230 e. The van der Waals surface area contributed by atoms with Gasteiger partial charge in [-0.2, -0.15) is 0 Å². The predicted molar refractivity (Wildman–Crippen MR) is 102 cm³/mol. The zero-order valence-corrected chi connectivity index (χ0v) is 16.3. The Morgan fingerprint density at radius 1 is 1.30 bits per heavy atom. The van der Waals surface area contributed by atoms with E-state index in [2.05, 4.69) is 23.9 Å². The Balaban J connectivity index is 1.68. The fourth-order valence-electron chi connectivity index (χ4n) is 3.70. The minimum atomic E-state index is -0.213. The Hall–Kier alpha value is -2.21. The standard InChI is InChI=1S/C21H28FN3O2/c1-15(2)20-14-25(21(26)12-19-11-16(3)23-27-19)10-4-9-24(20)13-17-5-7-18(22)8-6-17/h5-8,11,15,20H,4,9-10,12-14H2,1-3H3/t20-/m0/s1. The number of carbonyl (C=O) groups is 1. The molecule has 3 rings (SSSR count). The lowest BCUT2D eigenvalue weighted by atomic mass is 10.0. The van der Waals surface area contributed by atoms with Crippen molar-refractivity contribution in [3.63, 3.8) is 0 Å². The molecular formula is C21H28FN3O2. The second-order valence-corrected chi connectivity index (χ2v) is 7.71. The van der Waals surface area contributed by atoms with E-state index in [1.807, 2.05) is 30.0 Å². The van der Waals surface area contributed by atoms with Gasteiger partial charge in [0.2, 0.25) is 5.91 Å². The molecule has 1 aliphatic heterocycles. The number of hydrogen-bond donors (Lipinski definition) is 0. The molecule has 0 saturated carbocycles. The number of aromatic nitrogens is 1. The first-order chi connectivity index (χ1) is 12.9. The lowest BCUT2D eigenvalue weighted by Gasteiger charge is -2.34. The average molecular weight is 373 g/mol. The Bertz CT molecular complexity index is 757. The van der Waals surface area contributed by atoms with Crippen LogP contribution in [0.5, 0.6) is 0 Å². The number of halogens is 1. The maximum absolute atomic E-state index is 13.2. The van der Waals surface area contributed by atoms with Gasteiger partial charge in [-0.3, -0.25) is 9.69 Å². The molecule has 1 saturated heterocycles. The van der Waals surface area contributed by atoms with Crippen molar-refractivity contribution in [2.24, 2.45) is 5.92 Å². The summed E-state index contributed by atoms with van der Waals surface area (Å²) in [5, 5.41) is 3.86. The topological polar surface area (TPSA) is 49.6 Å². The Kier molecular flexibility index (Phi) is 6.26. The Labute approximate surface area is 160 Å². The van der Waals surface area contributed by atoms with Crippen molar-refractivity contribution in [3.05, 3.63) is 53.2 Å². The molecule has 5 nitrogen and oxygen atoms in total. The highest BCUT2D eigenvalue weighted by Gasteiger charge is 2.29. The summed E-state index contributed by atoms with van der Waals surface area (Å²) in [6.07, 6.45) is 1.18. The van der Waals surface area contributed by atoms with Gasteiger partial charge in [-0.15, -0.1) is 0 Å². The molecule has 2 heterocycles. The van der Waals surface area contributed by atoms with Gasteiger partial charge < -0.3 is 9.42 Å². The van der Waals surface area contributed by atoms with Crippen LogP contribution in [0.4, 0.5) is 4.39 Å². The van der Waals surface area contributed by atoms with Gasteiger partial charge >= 0.3 is 0 Å². The van der Waals surface area contributed by atoms with Crippen LogP contribution in [0.3, 0.4) is 0 Å². The molecule has 1 aromatic carbocycles. The van der Waals surface area contributed by atoms with E-state index in [0.717, 1.165) is 37.3 Å². The molecule has 1 aromatic heterocycles. The second kappa shape index (κ2) is 8.65. The summed E-state index contributed by atoms with van der Waals surface area (Å²) in [5.41, 5.74) is 1.89. The van der Waals surface area contributed by atoms with E-state index in [0.29, 0.717) is 18.2 Å². The molecule has 1 atom stereocenters. The highest BCUT2D eigenvalue weighted by Crippen LogP contribution is 2.21. The summed E-state index contributed by atoms with van der Waals surface area (Å²) in [7, 11) is 0. The highest BCUT2D eigenvalue weighted by atomic mass is 19.1. The van der Waals surface area contributed by atoms with Crippen LogP contribution in [0.25, 0.3) is 0 Å². The van der Waals surface area contributed by atoms with Crippen molar-refractivity contribution >= 4 is 5.91 Å². The molecule has 146 valence electrons. The largest absolute Gasteiger partial charge is 0.361 e. The van der Waals surface area contributed by atoms with Gasteiger partial charge in [-0.1, -0.05) is 31.1 Å². The van der Waals surface area contributed by atoms with Gasteiger partial charge in [0, 0.05) is 38.3 Å². The van der Waals surface area contributed by atoms with Crippen LogP contribution in [-0.4, -0.2) is 46.5 Å². The van der Waals surface area contributed by atoms with Crippen LogP contribution in [0.15, 0.2) is 34.9 Å². The molecule has 6 heteroatoms. The monoisotopic (exact) mass is 373 g/mol. The van der Waals surface area contributed by atoms with Crippen molar-refractivity contribution in [1.29, 1.82) is 0 Å². The third kappa shape index (κ3) is 5.16. The van der Waals surface area contributed by atoms with Crippen molar-refractivity contribution in [2.75, 3.05) is 19.6 Å². The SMILES string of the molecule is Cc1cc(CC(=O)N2CCCN(Cc3ccc(F)cc3)[C@H](C(C)C)C2)on1. The van der Waals surface area contributed by atoms with E-state index < -0.39 is 0 Å². The minimum absolute atomic E-state index is 0.0837. The van der Waals surface area contributed by atoms with Gasteiger partial charge in [0.1, 0.15) is 11.6 Å². The van der Waals surface area contributed by atoms with Crippen LogP contribution in [0.1, 0.15) is 37.3 Å². The normalized spacial score (nSPS) is 18.7. The van der Waals surface area contributed by atoms with Crippen LogP contribution < -0.4 is 0 Å². The smallest absolute Gasteiger partial charge is 0.230 e. The maximum atomic E-state index is 13.2. The summed E-state index contributed by atoms with van der Waals surface area (Å²) in [6, 6.07) is 8.77. The lowest BCUT2D eigenvalue weighted by Crippen LogP contribution is -2.45. The predicted octanol–water partition coefficient (Wildman–Crippen LogP) is 3.42. The third-order valence-electron chi connectivity index (χ3n) is 5.17. The van der Waals surface area contributed by atoms with Crippen LogP contribution in [0, 0.1) is 18.7 Å². The molecule has 0 bridgehead atoms. The number of nitrogens with zero attached hydrogens (tertiary/aromatic N) is 3. The first-order valence-corrected chi connectivity index (χ1v) is 9.61. The molecule has 0 aliphatic carbocycles. The van der Waals surface area contributed by atoms with Gasteiger partial charge in [0.05, 0.1) is 12.1 Å². The van der Waals surface area contributed by atoms with Gasteiger partial charge in [-0.25, -0.2) is 4.39 Å². The lowest BCUT2D eigenvalue weighted by molar-refractivity contribution is -0.131. The van der Waals surface area contributed by atoms with Crippen molar-refractivity contribution in [1.82, 2.24) is 15.0 Å². The summed E-state index contributed by atoms with van der Waals surface area (Å²) in [6.45, 7) is 9.37. The van der Waals surface area contributed by atoms with E-state index >= 15 is 0 Å². The minimum Gasteiger partial charge on any atom is -0.361 e. The van der Waals surface area contributed by atoms with Crippen LogP contribution in [0.2, 0.25) is 0 Å². The summed E-state index contributed by atoms with van der Waals surface area (Å²) in [4.78, 5) is 17.2. The third-order valence-corrected chi connectivity index (χ3v) is 5.17. The summed E-state index contributed by atoms with van der Waals surface area (Å²) >= 11 is 0. The van der Waals surface area contributed by atoms with Gasteiger partial charge in [-0.05, 0) is 37.0 Å². The van der Waals surface area contributed by atoms with E-state index in [9.17, 15) is 9.18 Å². The van der Waals surface area contributed by atoms with E-state index in [4.69, 9.17) is 4.52 Å². The molecule has 0 N–H and O–H groups in total. The van der Waals surface area contributed by atoms with E-state index in [-0.39, 0.29) is 24.2 Å². The Morgan fingerprint density at radius 3 is 2.67 bits per heavy atom. The first kappa shape index (κ1) is 19.5. The fraction of sp³-hybridized carbons (Fsp3) is 0.524. The van der Waals surface area contributed by atoms with E-state index in [1.165, 1.54) is 12.1 Å². The zero-order chi connectivity index (χ0) is 19.4. The zero-order valence-electron chi connectivity index (χ0n) is 16.3. The quantitative estimate of drug-likeness (QED) is 0.806. The van der Waals surface area contributed by atoms with Crippen LogP contribution in [-0.2, 0) is 17.8 Å². The fourth-order valence-corrected chi connectivity index (χ4v) is 3.70. The first-order valence-electron chi connectivity index (χ1n) is 9.61. The van der Waals surface area contributed by atoms with Crippen molar-refractivity contribution in [3.8, 4) is 0 Å². The number of benzene rings is 1. The van der Waals surface area contributed by atoms with Crippen molar-refractivity contribution < 1.29 is 13.7 Å².